The lowest BCUT2D eigenvalue weighted by molar-refractivity contribution is 0.406. The van der Waals surface area contributed by atoms with Gasteiger partial charge in [-0.25, -0.2) is 0 Å². The van der Waals surface area contributed by atoms with Gasteiger partial charge in [-0.2, -0.15) is 0 Å². The van der Waals surface area contributed by atoms with Gasteiger partial charge in [0.05, 0.1) is 5.69 Å². The van der Waals surface area contributed by atoms with Crippen LogP contribution in [0.1, 0.15) is 92.8 Å². The molecule has 0 fully saturated rings. The minimum absolute atomic E-state index is 0.0551. The normalized spacial score (nSPS) is 18.3. The monoisotopic (exact) mass is 754 g/mol. The summed E-state index contributed by atoms with van der Waals surface area (Å²) in [4.78, 5) is 5.09. The summed E-state index contributed by atoms with van der Waals surface area (Å²) in [6, 6.07) is 43.5. The number of benzene rings is 6. The van der Waals surface area contributed by atoms with Crippen LogP contribution in [0.25, 0.3) is 27.5 Å². The number of nitrogens with zero attached hydrogens (tertiary/aromatic N) is 2. The van der Waals surface area contributed by atoms with Crippen LogP contribution in [0.15, 0.2) is 157 Å². The summed E-state index contributed by atoms with van der Waals surface area (Å²) in [6.45, 7) is 18.9. The van der Waals surface area contributed by atoms with Gasteiger partial charge >= 0.3 is 0 Å². The molecule has 0 N–H and O–H groups in total. The molecule has 0 radical (unpaired) electrons. The van der Waals surface area contributed by atoms with Crippen molar-refractivity contribution in [2.24, 2.45) is 5.92 Å². The molecule has 0 aromatic heterocycles. The van der Waals surface area contributed by atoms with Gasteiger partial charge in [0.1, 0.15) is 0 Å². The summed E-state index contributed by atoms with van der Waals surface area (Å²) in [5, 5.41) is 2.63. The molecule has 288 valence electrons. The fourth-order valence-electron chi connectivity index (χ4n) is 10.9. The van der Waals surface area contributed by atoms with E-state index in [1.54, 1.807) is 0 Å². The molecule has 0 aliphatic heterocycles. The molecule has 6 aromatic carbocycles. The second-order valence-corrected chi connectivity index (χ2v) is 18.3. The van der Waals surface area contributed by atoms with Crippen molar-refractivity contribution < 1.29 is 0 Å². The lowest BCUT2D eigenvalue weighted by Gasteiger charge is -2.37. The van der Waals surface area contributed by atoms with Crippen LogP contribution in [0.4, 0.5) is 22.7 Å². The quantitative estimate of drug-likeness (QED) is 0.167. The van der Waals surface area contributed by atoms with Gasteiger partial charge in [-0.15, -0.1) is 0 Å². The van der Waals surface area contributed by atoms with Crippen molar-refractivity contribution >= 4 is 39.1 Å². The summed E-state index contributed by atoms with van der Waals surface area (Å²) in [6.07, 6.45) is 12.9. The summed E-state index contributed by atoms with van der Waals surface area (Å²) in [5.74, 6) is 0.366. The molecule has 0 heterocycles. The molecular formula is C56H54N2. The Morgan fingerprint density at radius 1 is 0.517 bits per heavy atom. The number of hydrogen-bond donors (Lipinski definition) is 0. The molecule has 10 rings (SSSR count). The molecule has 6 aromatic rings. The Balaban J connectivity index is 1.14. The molecule has 2 nitrogen and oxygen atoms in total. The van der Waals surface area contributed by atoms with Gasteiger partial charge < -0.3 is 9.80 Å². The lowest BCUT2D eigenvalue weighted by atomic mass is 9.73. The van der Waals surface area contributed by atoms with E-state index in [1.165, 1.54) is 106 Å². The average Bonchev–Trinajstić information content (AvgIpc) is 3.58. The van der Waals surface area contributed by atoms with Crippen LogP contribution in [-0.4, -0.2) is 0 Å². The van der Waals surface area contributed by atoms with E-state index in [2.05, 4.69) is 205 Å². The van der Waals surface area contributed by atoms with E-state index in [4.69, 9.17) is 0 Å². The third-order valence-corrected chi connectivity index (χ3v) is 14.1. The Labute approximate surface area is 345 Å². The standard InChI is InChI=1S/C56H54N2/c1-35-19-9-15-25-49(35)57(50-26-16-10-20-36(50)2)39-29-30-40-43-32-47-44(33-46(43)55(5,6)45(40)31-39)54-42-24-14-13-23-41(42)53(34-48(54)56(47,7)8)58(51-27-17-11-21-37(51)3)52-28-18-12-22-38(52)4/h9-11,13-17,19-30,32-34,45H,12,18,31H2,1-8H3. The molecule has 0 saturated carbocycles. The van der Waals surface area contributed by atoms with Crippen molar-refractivity contribution in [3.8, 4) is 11.1 Å². The van der Waals surface area contributed by atoms with Crippen molar-refractivity contribution in [1.82, 2.24) is 0 Å². The van der Waals surface area contributed by atoms with E-state index in [9.17, 15) is 0 Å². The second kappa shape index (κ2) is 13.3. The van der Waals surface area contributed by atoms with Gasteiger partial charge in [-0.3, -0.25) is 0 Å². The highest BCUT2D eigenvalue weighted by atomic mass is 15.2. The van der Waals surface area contributed by atoms with Gasteiger partial charge in [0.25, 0.3) is 0 Å². The fourth-order valence-corrected chi connectivity index (χ4v) is 10.9. The predicted octanol–water partition coefficient (Wildman–Crippen LogP) is 15.3. The number of allylic oxidation sites excluding steroid dienone is 7. The topological polar surface area (TPSA) is 6.48 Å². The molecule has 0 saturated heterocycles. The Morgan fingerprint density at radius 3 is 1.69 bits per heavy atom. The average molecular weight is 755 g/mol. The van der Waals surface area contributed by atoms with Crippen LogP contribution in [0.2, 0.25) is 0 Å². The molecule has 1 unspecified atom stereocenters. The number of para-hydroxylation sites is 3. The number of anilines is 4. The number of hydrogen-bond acceptors (Lipinski definition) is 2. The van der Waals surface area contributed by atoms with Crippen LogP contribution < -0.4 is 9.80 Å². The fraction of sp³-hybridized carbons (Fsp3) is 0.250. The van der Waals surface area contributed by atoms with E-state index in [1.807, 2.05) is 0 Å². The van der Waals surface area contributed by atoms with E-state index in [-0.39, 0.29) is 10.8 Å². The van der Waals surface area contributed by atoms with Crippen molar-refractivity contribution in [3.05, 3.63) is 195 Å². The van der Waals surface area contributed by atoms with E-state index in [0.717, 1.165) is 19.3 Å². The largest absolute Gasteiger partial charge is 0.314 e. The Hall–Kier alpha value is -5.86. The molecule has 4 aliphatic carbocycles. The van der Waals surface area contributed by atoms with Gasteiger partial charge in [0, 0.05) is 39.3 Å². The molecule has 2 heteroatoms. The van der Waals surface area contributed by atoms with Crippen molar-refractivity contribution in [1.29, 1.82) is 0 Å². The Kier molecular flexibility index (Phi) is 8.40. The number of aryl methyl sites for hydroxylation is 3. The van der Waals surface area contributed by atoms with E-state index >= 15 is 0 Å². The molecule has 0 spiro atoms. The molecule has 1 atom stereocenters. The Bertz CT molecular complexity index is 2770. The maximum atomic E-state index is 2.61. The SMILES string of the molecule is CC1=CCCC=C1N(c1ccccc1C)c1cc2c(c3ccccc13)-c1cc3c(cc1C2(C)C)C1=CC=C(N(c2ccccc2C)c2ccccc2C)CC1C3(C)C. The first-order chi connectivity index (χ1) is 28.0. The summed E-state index contributed by atoms with van der Waals surface area (Å²) < 4.78 is 0. The minimum Gasteiger partial charge on any atom is -0.314 e. The Morgan fingerprint density at radius 2 is 1.07 bits per heavy atom. The molecular weight excluding hydrogens is 701 g/mol. The van der Waals surface area contributed by atoms with Crippen molar-refractivity contribution in [2.75, 3.05) is 9.80 Å². The van der Waals surface area contributed by atoms with Crippen LogP contribution in [-0.2, 0) is 10.8 Å². The van der Waals surface area contributed by atoms with Crippen LogP contribution >= 0.6 is 0 Å². The summed E-state index contributed by atoms with van der Waals surface area (Å²) in [5.41, 5.74) is 22.7. The van der Waals surface area contributed by atoms with Gasteiger partial charge in [0.15, 0.2) is 0 Å². The number of rotatable bonds is 6. The van der Waals surface area contributed by atoms with Gasteiger partial charge in [0.2, 0.25) is 0 Å². The highest BCUT2D eigenvalue weighted by Gasteiger charge is 2.48. The predicted molar refractivity (Wildman–Crippen MR) is 248 cm³/mol. The number of fused-ring (bicyclic) bond motifs is 8. The van der Waals surface area contributed by atoms with E-state index in [0.29, 0.717) is 5.92 Å². The second-order valence-electron chi connectivity index (χ2n) is 18.3. The zero-order valence-corrected chi connectivity index (χ0v) is 35.4. The third kappa shape index (κ3) is 5.37. The van der Waals surface area contributed by atoms with Gasteiger partial charge in [-0.05, 0) is 167 Å². The van der Waals surface area contributed by atoms with Crippen LogP contribution in [0.3, 0.4) is 0 Å². The highest BCUT2D eigenvalue weighted by Crippen LogP contribution is 2.61. The highest BCUT2D eigenvalue weighted by molar-refractivity contribution is 6.10. The first-order valence-electron chi connectivity index (χ1n) is 21.3. The third-order valence-electron chi connectivity index (χ3n) is 14.1. The first kappa shape index (κ1) is 36.5. The van der Waals surface area contributed by atoms with Crippen LogP contribution in [0.5, 0.6) is 0 Å². The maximum absolute atomic E-state index is 2.61. The van der Waals surface area contributed by atoms with Crippen LogP contribution in [0, 0.1) is 26.7 Å². The lowest BCUT2D eigenvalue weighted by Crippen LogP contribution is -2.29. The zero-order chi connectivity index (χ0) is 40.1. The molecule has 4 aliphatic rings. The molecule has 0 bridgehead atoms. The summed E-state index contributed by atoms with van der Waals surface area (Å²) in [7, 11) is 0. The van der Waals surface area contributed by atoms with E-state index < -0.39 is 0 Å². The molecule has 58 heavy (non-hydrogen) atoms. The molecule has 0 amide bonds. The first-order valence-corrected chi connectivity index (χ1v) is 21.3. The minimum atomic E-state index is -0.188. The smallest absolute Gasteiger partial charge is 0.0543 e. The zero-order valence-electron chi connectivity index (χ0n) is 35.4. The van der Waals surface area contributed by atoms with Crippen molar-refractivity contribution in [3.63, 3.8) is 0 Å². The summed E-state index contributed by atoms with van der Waals surface area (Å²) >= 11 is 0. The maximum Gasteiger partial charge on any atom is 0.0543 e. The van der Waals surface area contributed by atoms with Crippen molar-refractivity contribution in [2.45, 2.75) is 85.5 Å². The van der Waals surface area contributed by atoms with Gasteiger partial charge in [-0.1, -0.05) is 125 Å².